The molecule has 0 spiro atoms. The molecule has 3 N–H and O–H groups in total. The van der Waals surface area contributed by atoms with Gasteiger partial charge in [0.15, 0.2) is 11.5 Å². The van der Waals surface area contributed by atoms with Gasteiger partial charge in [-0.1, -0.05) is 6.07 Å². The minimum Gasteiger partial charge on any atom is -0.490 e. The maximum absolute atomic E-state index is 12.1. The van der Waals surface area contributed by atoms with Crippen LogP contribution in [-0.2, 0) is 16.1 Å². The topological polar surface area (TPSA) is 88.7 Å². The first-order valence-electron chi connectivity index (χ1n) is 8.31. The van der Waals surface area contributed by atoms with E-state index in [1.807, 2.05) is 25.1 Å². The number of carbonyl (C=O) groups is 2. The zero-order valence-corrected chi connectivity index (χ0v) is 13.8. The summed E-state index contributed by atoms with van der Waals surface area (Å²) in [5.74, 6) is 1.32. The van der Waals surface area contributed by atoms with Crippen molar-refractivity contribution in [3.63, 3.8) is 0 Å². The standard InChI is InChI=1S/C17H23N3O4/c1-11-7-17(22)20-15(19-11)9-16(21)18-10-12-3-4-13-14(8-12)24-6-2-5-23-13/h3-4,8,11,15,19H,2,5-7,9-10H2,1H3,(H,18,21)(H,20,22). The molecule has 1 fully saturated rings. The average molecular weight is 333 g/mol. The van der Waals surface area contributed by atoms with Gasteiger partial charge >= 0.3 is 0 Å². The molecule has 130 valence electrons. The molecule has 0 aromatic heterocycles. The third kappa shape index (κ3) is 4.38. The summed E-state index contributed by atoms with van der Waals surface area (Å²) in [4.78, 5) is 23.6. The van der Waals surface area contributed by atoms with Crippen LogP contribution in [0.4, 0.5) is 0 Å². The van der Waals surface area contributed by atoms with Crippen LogP contribution in [0.1, 0.15) is 31.7 Å². The smallest absolute Gasteiger partial charge is 0.223 e. The fourth-order valence-corrected chi connectivity index (χ4v) is 2.86. The number of benzene rings is 1. The molecule has 1 saturated heterocycles. The first-order valence-corrected chi connectivity index (χ1v) is 8.31. The molecule has 7 nitrogen and oxygen atoms in total. The van der Waals surface area contributed by atoms with Crippen molar-refractivity contribution in [2.75, 3.05) is 13.2 Å². The van der Waals surface area contributed by atoms with Gasteiger partial charge in [0.1, 0.15) is 0 Å². The molecule has 2 aliphatic rings. The van der Waals surface area contributed by atoms with E-state index >= 15 is 0 Å². The maximum atomic E-state index is 12.1. The van der Waals surface area contributed by atoms with E-state index < -0.39 is 0 Å². The summed E-state index contributed by atoms with van der Waals surface area (Å²) in [6.45, 7) is 3.63. The Morgan fingerprint density at radius 1 is 1.29 bits per heavy atom. The molecular weight excluding hydrogens is 310 g/mol. The second kappa shape index (κ2) is 7.53. The number of ether oxygens (including phenoxy) is 2. The summed E-state index contributed by atoms with van der Waals surface area (Å²) in [5.41, 5.74) is 0.946. The largest absolute Gasteiger partial charge is 0.490 e. The highest BCUT2D eigenvalue weighted by atomic mass is 16.5. The monoisotopic (exact) mass is 333 g/mol. The van der Waals surface area contributed by atoms with E-state index in [4.69, 9.17) is 9.47 Å². The third-order valence-electron chi connectivity index (χ3n) is 4.00. The number of amides is 2. The Kier molecular flexibility index (Phi) is 5.20. The van der Waals surface area contributed by atoms with E-state index in [9.17, 15) is 9.59 Å². The van der Waals surface area contributed by atoms with Crippen LogP contribution in [0.3, 0.4) is 0 Å². The van der Waals surface area contributed by atoms with Gasteiger partial charge in [-0.15, -0.1) is 0 Å². The fraction of sp³-hybridized carbons (Fsp3) is 0.529. The van der Waals surface area contributed by atoms with Crippen molar-refractivity contribution in [1.29, 1.82) is 0 Å². The van der Waals surface area contributed by atoms with Crippen molar-refractivity contribution >= 4 is 11.8 Å². The number of hydrogen-bond acceptors (Lipinski definition) is 5. The highest BCUT2D eigenvalue weighted by Crippen LogP contribution is 2.30. The lowest BCUT2D eigenvalue weighted by molar-refractivity contribution is -0.126. The summed E-state index contributed by atoms with van der Waals surface area (Å²) in [6, 6.07) is 5.76. The van der Waals surface area contributed by atoms with Crippen LogP contribution in [-0.4, -0.2) is 37.2 Å². The van der Waals surface area contributed by atoms with E-state index in [0.717, 1.165) is 17.7 Å². The molecule has 24 heavy (non-hydrogen) atoms. The van der Waals surface area contributed by atoms with E-state index in [0.29, 0.717) is 31.9 Å². The Balaban J connectivity index is 1.51. The Morgan fingerprint density at radius 2 is 2.08 bits per heavy atom. The molecule has 1 aromatic rings. The SMILES string of the molecule is CC1CC(=O)NC(CC(=O)NCc2ccc3c(c2)OCCCO3)N1. The number of fused-ring (bicyclic) bond motifs is 1. The van der Waals surface area contributed by atoms with Crippen LogP contribution in [0.5, 0.6) is 11.5 Å². The number of nitrogens with one attached hydrogen (secondary N) is 3. The van der Waals surface area contributed by atoms with Gasteiger partial charge in [0.25, 0.3) is 0 Å². The Hall–Kier alpha value is -2.28. The lowest BCUT2D eigenvalue weighted by atomic mass is 10.1. The van der Waals surface area contributed by atoms with Gasteiger partial charge in [0.2, 0.25) is 11.8 Å². The van der Waals surface area contributed by atoms with Gasteiger partial charge in [-0.25, -0.2) is 0 Å². The Bertz CT molecular complexity index is 620. The number of rotatable bonds is 4. The number of hydrogen-bond donors (Lipinski definition) is 3. The summed E-state index contributed by atoms with van der Waals surface area (Å²) >= 11 is 0. The maximum Gasteiger partial charge on any atom is 0.223 e. The van der Waals surface area contributed by atoms with Gasteiger partial charge in [0.05, 0.1) is 25.8 Å². The molecule has 2 amide bonds. The lowest BCUT2D eigenvalue weighted by Gasteiger charge is -2.29. The van der Waals surface area contributed by atoms with Crippen LogP contribution in [0.2, 0.25) is 0 Å². The zero-order chi connectivity index (χ0) is 16.9. The van der Waals surface area contributed by atoms with Crippen LogP contribution < -0.4 is 25.4 Å². The van der Waals surface area contributed by atoms with Crippen LogP contribution in [0.25, 0.3) is 0 Å². The predicted octanol–water partition coefficient (Wildman–Crippen LogP) is 0.678. The van der Waals surface area contributed by atoms with Crippen molar-refractivity contribution in [3.05, 3.63) is 23.8 Å². The summed E-state index contributed by atoms with van der Waals surface area (Å²) < 4.78 is 11.2. The summed E-state index contributed by atoms with van der Waals surface area (Å²) in [6.07, 6.45) is 1.19. The molecule has 0 bridgehead atoms. The minimum absolute atomic E-state index is 0.0260. The van der Waals surface area contributed by atoms with Crippen molar-refractivity contribution in [1.82, 2.24) is 16.0 Å². The second-order valence-electron chi connectivity index (χ2n) is 6.20. The Morgan fingerprint density at radius 3 is 2.88 bits per heavy atom. The van der Waals surface area contributed by atoms with Gasteiger partial charge < -0.3 is 20.1 Å². The quantitative estimate of drug-likeness (QED) is 0.754. The molecule has 2 atom stereocenters. The summed E-state index contributed by atoms with van der Waals surface area (Å²) in [5, 5.41) is 8.84. The van der Waals surface area contributed by atoms with Crippen molar-refractivity contribution in [2.45, 2.75) is 44.9 Å². The molecular formula is C17H23N3O4. The van der Waals surface area contributed by atoms with Crippen molar-refractivity contribution in [3.8, 4) is 11.5 Å². The molecule has 2 heterocycles. The third-order valence-corrected chi connectivity index (χ3v) is 4.00. The van der Waals surface area contributed by atoms with Gasteiger partial charge in [-0.2, -0.15) is 0 Å². The second-order valence-corrected chi connectivity index (χ2v) is 6.20. The molecule has 0 radical (unpaired) electrons. The van der Waals surface area contributed by atoms with E-state index in [1.165, 1.54) is 0 Å². The average Bonchev–Trinajstić information content (AvgIpc) is 2.76. The van der Waals surface area contributed by atoms with Crippen LogP contribution in [0.15, 0.2) is 18.2 Å². The fourth-order valence-electron chi connectivity index (χ4n) is 2.86. The van der Waals surface area contributed by atoms with E-state index in [-0.39, 0.29) is 30.4 Å². The van der Waals surface area contributed by atoms with Crippen molar-refractivity contribution in [2.24, 2.45) is 0 Å². The number of carbonyl (C=O) groups excluding carboxylic acids is 2. The molecule has 1 aromatic carbocycles. The highest BCUT2D eigenvalue weighted by Gasteiger charge is 2.24. The molecule has 3 rings (SSSR count). The van der Waals surface area contributed by atoms with Crippen LogP contribution in [0, 0.1) is 0 Å². The molecule has 0 aliphatic carbocycles. The van der Waals surface area contributed by atoms with Gasteiger partial charge in [-0.3, -0.25) is 14.9 Å². The normalized spacial score (nSPS) is 23.1. The zero-order valence-electron chi connectivity index (χ0n) is 13.8. The Labute approximate surface area is 141 Å². The van der Waals surface area contributed by atoms with Crippen molar-refractivity contribution < 1.29 is 19.1 Å². The van der Waals surface area contributed by atoms with E-state index in [2.05, 4.69) is 16.0 Å². The first kappa shape index (κ1) is 16.6. The summed E-state index contributed by atoms with van der Waals surface area (Å²) in [7, 11) is 0. The predicted molar refractivity (Wildman–Crippen MR) is 87.7 cm³/mol. The van der Waals surface area contributed by atoms with Gasteiger partial charge in [0, 0.05) is 25.4 Å². The molecule has 7 heteroatoms. The van der Waals surface area contributed by atoms with Gasteiger partial charge in [-0.05, 0) is 24.6 Å². The molecule has 2 aliphatic heterocycles. The minimum atomic E-state index is -0.315. The lowest BCUT2D eigenvalue weighted by Crippen LogP contribution is -2.56. The highest BCUT2D eigenvalue weighted by molar-refractivity contribution is 5.80. The van der Waals surface area contributed by atoms with Crippen LogP contribution >= 0.6 is 0 Å². The molecule has 2 unspecified atom stereocenters. The van der Waals surface area contributed by atoms with E-state index in [1.54, 1.807) is 0 Å². The molecule has 0 saturated carbocycles. The first-order chi connectivity index (χ1) is 11.6.